The van der Waals surface area contributed by atoms with E-state index in [9.17, 15) is 14.9 Å². The number of amides is 1. The molecule has 2 aromatic rings. The van der Waals surface area contributed by atoms with Gasteiger partial charge >= 0.3 is 0 Å². The Morgan fingerprint density at radius 1 is 1.30 bits per heavy atom. The smallest absolute Gasteiger partial charge is 0.273 e. The number of benzene rings is 2. The van der Waals surface area contributed by atoms with Crippen LogP contribution in [0.15, 0.2) is 42.5 Å². The molecule has 0 saturated heterocycles. The summed E-state index contributed by atoms with van der Waals surface area (Å²) in [5.74, 6) is -0.119. The first-order chi connectivity index (χ1) is 10.9. The van der Waals surface area contributed by atoms with Crippen molar-refractivity contribution in [3.8, 4) is 5.75 Å². The number of rotatable bonds is 5. The van der Waals surface area contributed by atoms with Crippen LogP contribution in [-0.4, -0.2) is 16.9 Å². The highest BCUT2D eigenvalue weighted by molar-refractivity contribution is 6.31. The molecule has 1 atom stereocenters. The molecule has 0 saturated carbocycles. The van der Waals surface area contributed by atoms with Gasteiger partial charge in [-0.25, -0.2) is 0 Å². The molecule has 0 aromatic heterocycles. The molecule has 0 bridgehead atoms. The molecule has 0 spiro atoms. The lowest BCUT2D eigenvalue weighted by molar-refractivity contribution is -0.384. The van der Waals surface area contributed by atoms with E-state index in [-0.39, 0.29) is 17.3 Å². The lowest BCUT2D eigenvalue weighted by Gasteiger charge is -2.15. The molecule has 0 unspecified atom stereocenters. The van der Waals surface area contributed by atoms with Crippen LogP contribution in [0.2, 0.25) is 5.02 Å². The topological polar surface area (TPSA) is 81.5 Å². The summed E-state index contributed by atoms with van der Waals surface area (Å²) >= 11 is 5.91. The number of hydrogen-bond donors (Lipinski definition) is 1. The third-order valence-electron chi connectivity index (χ3n) is 3.17. The molecule has 1 amide bonds. The Hall–Kier alpha value is -2.60. The first-order valence-electron chi connectivity index (χ1n) is 6.85. The number of aryl methyl sites for hydroxylation is 1. The number of nitro benzene ring substituents is 1. The predicted molar refractivity (Wildman–Crippen MR) is 88.0 cm³/mol. The van der Waals surface area contributed by atoms with Crippen LogP contribution in [0.1, 0.15) is 12.5 Å². The number of ether oxygens (including phenoxy) is 1. The zero-order valence-electron chi connectivity index (χ0n) is 12.6. The lowest BCUT2D eigenvalue weighted by Crippen LogP contribution is -2.30. The molecule has 120 valence electrons. The van der Waals surface area contributed by atoms with Crippen LogP contribution in [0.3, 0.4) is 0 Å². The van der Waals surface area contributed by atoms with E-state index >= 15 is 0 Å². The van der Waals surface area contributed by atoms with Crippen LogP contribution < -0.4 is 10.1 Å². The van der Waals surface area contributed by atoms with Crippen molar-refractivity contribution in [1.82, 2.24) is 0 Å². The number of halogens is 1. The van der Waals surface area contributed by atoms with E-state index in [1.54, 1.807) is 31.2 Å². The SMILES string of the molecule is Cc1ccc(Cl)cc1NC(=O)[C@@H](C)Oc1cccc([N+](=O)[O-])c1. The maximum atomic E-state index is 12.2. The van der Waals surface area contributed by atoms with Gasteiger partial charge in [-0.3, -0.25) is 14.9 Å². The van der Waals surface area contributed by atoms with Crippen LogP contribution in [0.4, 0.5) is 11.4 Å². The summed E-state index contributed by atoms with van der Waals surface area (Å²) in [6.45, 7) is 3.41. The van der Waals surface area contributed by atoms with Gasteiger partial charge in [-0.05, 0) is 37.6 Å². The van der Waals surface area contributed by atoms with Crippen LogP contribution in [-0.2, 0) is 4.79 Å². The molecule has 0 aliphatic heterocycles. The van der Waals surface area contributed by atoms with Gasteiger partial charge in [-0.15, -0.1) is 0 Å². The van der Waals surface area contributed by atoms with Crippen LogP contribution in [0.25, 0.3) is 0 Å². The molecule has 7 heteroatoms. The minimum Gasteiger partial charge on any atom is -0.481 e. The largest absolute Gasteiger partial charge is 0.481 e. The summed E-state index contributed by atoms with van der Waals surface area (Å²) in [4.78, 5) is 22.4. The summed E-state index contributed by atoms with van der Waals surface area (Å²) in [6, 6.07) is 10.9. The molecule has 23 heavy (non-hydrogen) atoms. The van der Waals surface area contributed by atoms with Crippen molar-refractivity contribution in [2.45, 2.75) is 20.0 Å². The Bertz CT molecular complexity index is 749. The monoisotopic (exact) mass is 334 g/mol. The van der Waals surface area contributed by atoms with Crippen molar-refractivity contribution in [2.24, 2.45) is 0 Å². The number of anilines is 1. The minimum absolute atomic E-state index is 0.0965. The van der Waals surface area contributed by atoms with Gasteiger partial charge in [0.2, 0.25) is 0 Å². The highest BCUT2D eigenvalue weighted by Crippen LogP contribution is 2.22. The maximum Gasteiger partial charge on any atom is 0.273 e. The van der Waals surface area contributed by atoms with Crippen molar-refractivity contribution in [2.75, 3.05) is 5.32 Å². The van der Waals surface area contributed by atoms with Crippen molar-refractivity contribution in [3.63, 3.8) is 0 Å². The second kappa shape index (κ2) is 7.11. The number of carbonyl (C=O) groups excluding carboxylic acids is 1. The summed E-state index contributed by atoms with van der Waals surface area (Å²) in [7, 11) is 0. The average molecular weight is 335 g/mol. The molecule has 0 fully saturated rings. The minimum atomic E-state index is -0.824. The number of nitrogens with one attached hydrogen (secondary N) is 1. The number of carbonyl (C=O) groups is 1. The summed E-state index contributed by atoms with van der Waals surface area (Å²) in [5.41, 5.74) is 1.36. The van der Waals surface area contributed by atoms with E-state index in [1.807, 2.05) is 6.92 Å². The van der Waals surface area contributed by atoms with E-state index in [4.69, 9.17) is 16.3 Å². The van der Waals surface area contributed by atoms with Gasteiger partial charge in [0, 0.05) is 16.8 Å². The van der Waals surface area contributed by atoms with Crippen molar-refractivity contribution in [3.05, 3.63) is 63.2 Å². The third kappa shape index (κ3) is 4.43. The number of nitro groups is 1. The van der Waals surface area contributed by atoms with E-state index in [2.05, 4.69) is 5.32 Å². The lowest BCUT2D eigenvalue weighted by atomic mass is 10.2. The van der Waals surface area contributed by atoms with Gasteiger partial charge in [0.1, 0.15) is 5.75 Å². The van der Waals surface area contributed by atoms with Crippen molar-refractivity contribution >= 4 is 28.9 Å². The Balaban J connectivity index is 2.07. The van der Waals surface area contributed by atoms with E-state index < -0.39 is 11.0 Å². The average Bonchev–Trinajstić information content (AvgIpc) is 2.51. The van der Waals surface area contributed by atoms with Crippen molar-refractivity contribution in [1.29, 1.82) is 0 Å². The Kier molecular flexibility index (Phi) is 5.18. The third-order valence-corrected chi connectivity index (χ3v) is 3.40. The number of hydrogen-bond acceptors (Lipinski definition) is 4. The standard InChI is InChI=1S/C16H15ClN2O4/c1-10-6-7-12(17)8-15(10)18-16(20)11(2)23-14-5-3-4-13(9-14)19(21)22/h3-9,11H,1-2H3,(H,18,20)/t11-/m1/s1. The second-order valence-electron chi connectivity index (χ2n) is 4.96. The van der Waals surface area contributed by atoms with E-state index in [1.165, 1.54) is 18.2 Å². The number of nitrogens with zero attached hydrogens (tertiary/aromatic N) is 1. The summed E-state index contributed by atoms with van der Waals surface area (Å²) in [6.07, 6.45) is -0.824. The molecule has 0 heterocycles. The van der Waals surface area contributed by atoms with Crippen LogP contribution in [0.5, 0.6) is 5.75 Å². The molecular weight excluding hydrogens is 320 g/mol. The van der Waals surface area contributed by atoms with Gasteiger partial charge < -0.3 is 10.1 Å². The summed E-state index contributed by atoms with van der Waals surface area (Å²) < 4.78 is 5.46. The molecule has 2 aromatic carbocycles. The van der Waals surface area contributed by atoms with Gasteiger partial charge in [0.05, 0.1) is 11.0 Å². The van der Waals surface area contributed by atoms with Crippen LogP contribution >= 0.6 is 11.6 Å². The normalized spacial score (nSPS) is 11.6. The molecule has 0 aliphatic carbocycles. The first kappa shape index (κ1) is 16.8. The molecule has 0 aliphatic rings. The molecule has 1 N–H and O–H groups in total. The highest BCUT2D eigenvalue weighted by Gasteiger charge is 2.17. The first-order valence-corrected chi connectivity index (χ1v) is 7.23. The molecular formula is C16H15ClN2O4. The Morgan fingerprint density at radius 2 is 2.04 bits per heavy atom. The summed E-state index contributed by atoms with van der Waals surface area (Å²) in [5, 5.41) is 14.0. The molecule has 6 nitrogen and oxygen atoms in total. The van der Waals surface area contributed by atoms with Crippen LogP contribution in [0, 0.1) is 17.0 Å². The molecule has 2 rings (SSSR count). The van der Waals surface area contributed by atoms with Crippen molar-refractivity contribution < 1.29 is 14.5 Å². The molecule has 0 radical (unpaired) electrons. The predicted octanol–water partition coefficient (Wildman–Crippen LogP) is 3.96. The fourth-order valence-corrected chi connectivity index (χ4v) is 2.06. The fraction of sp³-hybridized carbons (Fsp3) is 0.188. The number of non-ortho nitro benzene ring substituents is 1. The van der Waals surface area contributed by atoms with E-state index in [0.29, 0.717) is 10.7 Å². The highest BCUT2D eigenvalue weighted by atomic mass is 35.5. The quantitative estimate of drug-likeness (QED) is 0.662. The van der Waals surface area contributed by atoms with Gasteiger partial charge in [-0.1, -0.05) is 23.7 Å². The zero-order chi connectivity index (χ0) is 17.0. The van der Waals surface area contributed by atoms with E-state index in [0.717, 1.165) is 5.56 Å². The fourth-order valence-electron chi connectivity index (χ4n) is 1.89. The van der Waals surface area contributed by atoms with Gasteiger partial charge in [0.25, 0.3) is 11.6 Å². The van der Waals surface area contributed by atoms with Gasteiger partial charge in [-0.2, -0.15) is 0 Å². The second-order valence-corrected chi connectivity index (χ2v) is 5.40. The Morgan fingerprint density at radius 3 is 2.74 bits per heavy atom. The Labute approximate surface area is 138 Å². The van der Waals surface area contributed by atoms with Gasteiger partial charge in [0.15, 0.2) is 6.10 Å². The maximum absolute atomic E-state index is 12.2. The zero-order valence-corrected chi connectivity index (χ0v) is 13.3.